The largest absolute Gasteiger partial charge is 0.289 e. The van der Waals surface area contributed by atoms with Crippen molar-refractivity contribution < 1.29 is 4.79 Å². The Morgan fingerprint density at radius 2 is 1.46 bits per heavy atom. The highest BCUT2D eigenvalue weighted by atomic mass is 35.5. The smallest absolute Gasteiger partial charge is 0.193 e. The number of aliphatic imine (C=N–C) groups is 1. The molecule has 118 valence electrons. The maximum Gasteiger partial charge on any atom is 0.193 e. The first-order chi connectivity index (χ1) is 11.6. The summed E-state index contributed by atoms with van der Waals surface area (Å²) in [4.78, 5) is 16.7. The molecule has 0 unspecified atom stereocenters. The summed E-state index contributed by atoms with van der Waals surface area (Å²) in [5.74, 6) is -0.00406. The van der Waals surface area contributed by atoms with E-state index in [0.717, 1.165) is 11.3 Å². The Kier molecular flexibility index (Phi) is 5.09. The summed E-state index contributed by atoms with van der Waals surface area (Å²) in [5.41, 5.74) is 2.92. The molecule has 0 amide bonds. The van der Waals surface area contributed by atoms with E-state index in [4.69, 9.17) is 23.2 Å². The van der Waals surface area contributed by atoms with Crippen LogP contribution >= 0.6 is 23.2 Å². The molecule has 0 bridgehead atoms. The van der Waals surface area contributed by atoms with Gasteiger partial charge in [-0.05, 0) is 42.0 Å². The second-order valence-corrected chi connectivity index (χ2v) is 5.99. The van der Waals surface area contributed by atoms with Gasteiger partial charge in [-0.15, -0.1) is 0 Å². The van der Waals surface area contributed by atoms with Crippen LogP contribution in [0.4, 0.5) is 5.69 Å². The van der Waals surface area contributed by atoms with Crippen molar-refractivity contribution in [1.82, 2.24) is 0 Å². The van der Waals surface area contributed by atoms with Gasteiger partial charge < -0.3 is 0 Å². The van der Waals surface area contributed by atoms with Gasteiger partial charge in [-0.2, -0.15) is 0 Å². The van der Waals surface area contributed by atoms with Gasteiger partial charge in [0.1, 0.15) is 0 Å². The van der Waals surface area contributed by atoms with Gasteiger partial charge in [0, 0.05) is 17.3 Å². The number of hydrogen-bond acceptors (Lipinski definition) is 2. The molecule has 0 radical (unpaired) electrons. The third-order valence-corrected chi connectivity index (χ3v) is 4.21. The van der Waals surface area contributed by atoms with Gasteiger partial charge in [-0.1, -0.05) is 59.6 Å². The fourth-order valence-corrected chi connectivity index (χ4v) is 2.50. The molecule has 0 fully saturated rings. The zero-order valence-electron chi connectivity index (χ0n) is 12.6. The van der Waals surface area contributed by atoms with Crippen LogP contribution in [-0.2, 0) is 0 Å². The lowest BCUT2D eigenvalue weighted by molar-refractivity contribution is 0.103. The van der Waals surface area contributed by atoms with E-state index in [0.29, 0.717) is 21.2 Å². The molecule has 3 aromatic carbocycles. The van der Waals surface area contributed by atoms with Gasteiger partial charge in [-0.25, -0.2) is 0 Å². The average molecular weight is 354 g/mol. The lowest BCUT2D eigenvalue weighted by Crippen LogP contribution is -2.00. The Hall–Kier alpha value is -2.42. The van der Waals surface area contributed by atoms with Crippen LogP contribution in [-0.4, -0.2) is 12.0 Å². The highest BCUT2D eigenvalue weighted by Gasteiger charge is 2.07. The number of hydrogen-bond donors (Lipinski definition) is 0. The van der Waals surface area contributed by atoms with Crippen LogP contribution in [0.1, 0.15) is 21.5 Å². The minimum atomic E-state index is -0.00406. The van der Waals surface area contributed by atoms with Crippen LogP contribution in [0.2, 0.25) is 10.0 Å². The van der Waals surface area contributed by atoms with Crippen LogP contribution in [0.25, 0.3) is 0 Å². The zero-order chi connectivity index (χ0) is 16.9. The van der Waals surface area contributed by atoms with Gasteiger partial charge in [0.25, 0.3) is 0 Å². The molecular formula is C20H13Cl2NO. The standard InChI is InChI=1S/C20H13Cl2NO/c21-18-11-6-14(12-19(18)22)13-23-17-9-7-16(8-10-17)20(24)15-4-2-1-3-5-15/h1-13H. The molecule has 0 atom stereocenters. The molecule has 0 N–H and O–H groups in total. The van der Waals surface area contributed by atoms with Crippen molar-refractivity contribution in [1.29, 1.82) is 0 Å². The third kappa shape index (κ3) is 3.91. The topological polar surface area (TPSA) is 29.4 Å². The Labute approximate surface area is 150 Å². The third-order valence-electron chi connectivity index (χ3n) is 3.47. The first-order valence-corrected chi connectivity index (χ1v) is 8.08. The molecule has 0 aliphatic carbocycles. The molecule has 3 rings (SSSR count). The average Bonchev–Trinajstić information content (AvgIpc) is 2.63. The van der Waals surface area contributed by atoms with Gasteiger partial charge in [0.2, 0.25) is 0 Å². The van der Waals surface area contributed by atoms with E-state index in [-0.39, 0.29) is 5.78 Å². The number of benzene rings is 3. The predicted octanol–water partition coefficient (Wildman–Crippen LogP) is 5.98. The summed E-state index contributed by atoms with van der Waals surface area (Å²) in [7, 11) is 0. The normalized spacial score (nSPS) is 10.9. The van der Waals surface area contributed by atoms with E-state index in [1.807, 2.05) is 36.4 Å². The Morgan fingerprint density at radius 3 is 2.12 bits per heavy atom. The van der Waals surface area contributed by atoms with E-state index in [1.165, 1.54) is 0 Å². The van der Waals surface area contributed by atoms with Crippen LogP contribution in [0, 0.1) is 0 Å². The summed E-state index contributed by atoms with van der Waals surface area (Å²) >= 11 is 11.9. The summed E-state index contributed by atoms with van der Waals surface area (Å²) in [6.45, 7) is 0. The molecule has 0 aliphatic heterocycles. The fraction of sp³-hybridized carbons (Fsp3) is 0. The maximum absolute atomic E-state index is 12.3. The zero-order valence-corrected chi connectivity index (χ0v) is 14.1. The summed E-state index contributed by atoms with van der Waals surface area (Å²) in [6.07, 6.45) is 1.70. The summed E-state index contributed by atoms with van der Waals surface area (Å²) in [5, 5.41) is 1.00. The SMILES string of the molecule is O=C(c1ccccc1)c1ccc(N=Cc2ccc(Cl)c(Cl)c2)cc1. The predicted molar refractivity (Wildman–Crippen MR) is 100 cm³/mol. The molecule has 0 aliphatic rings. The number of ketones is 1. The Morgan fingerprint density at radius 1 is 0.792 bits per heavy atom. The quantitative estimate of drug-likeness (QED) is 0.419. The minimum absolute atomic E-state index is 0.00406. The van der Waals surface area contributed by atoms with Crippen molar-refractivity contribution >= 4 is 40.9 Å². The first-order valence-electron chi connectivity index (χ1n) is 7.32. The number of rotatable bonds is 4. The van der Waals surface area contributed by atoms with Crippen LogP contribution < -0.4 is 0 Å². The molecule has 24 heavy (non-hydrogen) atoms. The van der Waals surface area contributed by atoms with Crippen molar-refractivity contribution in [3.8, 4) is 0 Å². The monoisotopic (exact) mass is 353 g/mol. The second-order valence-electron chi connectivity index (χ2n) is 5.17. The Bertz CT molecular complexity index is 887. The highest BCUT2D eigenvalue weighted by molar-refractivity contribution is 6.42. The van der Waals surface area contributed by atoms with Crippen molar-refractivity contribution in [3.05, 3.63) is 99.5 Å². The van der Waals surface area contributed by atoms with Crippen LogP contribution in [0.15, 0.2) is 77.8 Å². The van der Waals surface area contributed by atoms with E-state index >= 15 is 0 Å². The molecule has 2 nitrogen and oxygen atoms in total. The van der Waals surface area contributed by atoms with E-state index < -0.39 is 0 Å². The van der Waals surface area contributed by atoms with Gasteiger partial charge in [-0.3, -0.25) is 9.79 Å². The number of halogens is 2. The summed E-state index contributed by atoms with van der Waals surface area (Å²) < 4.78 is 0. The van der Waals surface area contributed by atoms with Crippen molar-refractivity contribution in [2.75, 3.05) is 0 Å². The number of nitrogens with zero attached hydrogens (tertiary/aromatic N) is 1. The number of carbonyl (C=O) groups excluding carboxylic acids is 1. The maximum atomic E-state index is 12.3. The molecule has 0 saturated carbocycles. The van der Waals surface area contributed by atoms with Crippen LogP contribution in [0.3, 0.4) is 0 Å². The van der Waals surface area contributed by atoms with Gasteiger partial charge >= 0.3 is 0 Å². The molecule has 0 spiro atoms. The number of carbonyl (C=O) groups is 1. The Balaban J connectivity index is 1.76. The van der Waals surface area contributed by atoms with Crippen molar-refractivity contribution in [2.45, 2.75) is 0 Å². The van der Waals surface area contributed by atoms with Crippen LogP contribution in [0.5, 0.6) is 0 Å². The fourth-order valence-electron chi connectivity index (χ4n) is 2.20. The second kappa shape index (κ2) is 7.43. The lowest BCUT2D eigenvalue weighted by atomic mass is 10.0. The van der Waals surface area contributed by atoms with E-state index in [2.05, 4.69) is 4.99 Å². The molecule has 3 aromatic rings. The summed E-state index contributed by atoms with van der Waals surface area (Å²) in [6, 6.07) is 21.7. The van der Waals surface area contributed by atoms with Gasteiger partial charge in [0.15, 0.2) is 5.78 Å². The molecular weight excluding hydrogens is 341 g/mol. The highest BCUT2D eigenvalue weighted by Crippen LogP contribution is 2.22. The van der Waals surface area contributed by atoms with E-state index in [9.17, 15) is 4.79 Å². The first kappa shape index (κ1) is 16.4. The molecule has 0 heterocycles. The van der Waals surface area contributed by atoms with E-state index in [1.54, 1.807) is 42.6 Å². The molecule has 0 saturated heterocycles. The van der Waals surface area contributed by atoms with Crippen molar-refractivity contribution in [3.63, 3.8) is 0 Å². The minimum Gasteiger partial charge on any atom is -0.289 e. The molecule has 4 heteroatoms. The lowest BCUT2D eigenvalue weighted by Gasteiger charge is -2.02. The van der Waals surface area contributed by atoms with Crippen molar-refractivity contribution in [2.24, 2.45) is 4.99 Å². The molecule has 0 aromatic heterocycles. The van der Waals surface area contributed by atoms with Gasteiger partial charge in [0.05, 0.1) is 15.7 Å².